The van der Waals surface area contributed by atoms with E-state index in [0.29, 0.717) is 11.6 Å². The number of rotatable bonds is 2. The number of fused-ring (bicyclic) bond motifs is 3. The molecule has 0 aliphatic carbocycles. The second kappa shape index (κ2) is 4.16. The molecule has 0 saturated carbocycles. The molecule has 5 heteroatoms. The third kappa shape index (κ3) is 1.46. The van der Waals surface area contributed by atoms with Crippen molar-refractivity contribution in [3.63, 3.8) is 0 Å². The quantitative estimate of drug-likeness (QED) is 0.558. The lowest BCUT2D eigenvalue weighted by atomic mass is 10.2. The molecule has 5 nitrogen and oxygen atoms in total. The number of nitrogens with zero attached hydrogens (tertiary/aromatic N) is 4. The Morgan fingerprint density at radius 1 is 1.10 bits per heavy atom. The normalized spacial score (nSPS) is 11.4. The lowest BCUT2D eigenvalue weighted by Gasteiger charge is -2.06. The fourth-order valence-corrected chi connectivity index (χ4v) is 2.45. The maximum Gasteiger partial charge on any atom is 0.205 e. The Kier molecular flexibility index (Phi) is 2.32. The van der Waals surface area contributed by atoms with E-state index in [4.69, 9.17) is 9.40 Å². The molecule has 1 aromatic carbocycles. The van der Waals surface area contributed by atoms with Crippen molar-refractivity contribution in [1.82, 2.24) is 19.6 Å². The Morgan fingerprint density at radius 3 is 2.80 bits per heavy atom. The van der Waals surface area contributed by atoms with Crippen LogP contribution in [0, 0.1) is 0 Å². The number of aromatic nitrogens is 4. The van der Waals surface area contributed by atoms with Gasteiger partial charge in [0.2, 0.25) is 5.82 Å². The Morgan fingerprint density at radius 2 is 2.00 bits per heavy atom. The van der Waals surface area contributed by atoms with Crippen LogP contribution in [-0.2, 0) is 6.42 Å². The molecule has 20 heavy (non-hydrogen) atoms. The molecule has 0 amide bonds. The van der Waals surface area contributed by atoms with Crippen LogP contribution in [0.25, 0.3) is 28.1 Å². The molecule has 0 radical (unpaired) electrons. The van der Waals surface area contributed by atoms with E-state index in [0.717, 1.165) is 28.8 Å². The van der Waals surface area contributed by atoms with Crippen molar-refractivity contribution in [2.24, 2.45) is 0 Å². The van der Waals surface area contributed by atoms with Gasteiger partial charge in [-0.15, -0.1) is 10.2 Å². The summed E-state index contributed by atoms with van der Waals surface area (Å²) in [5.74, 6) is 2.32. The predicted molar refractivity (Wildman–Crippen MR) is 75.4 cm³/mol. The van der Waals surface area contributed by atoms with Crippen LogP contribution < -0.4 is 0 Å². The molecule has 0 unspecified atom stereocenters. The Hall–Kier alpha value is -2.69. The highest BCUT2D eigenvalue weighted by atomic mass is 16.3. The minimum absolute atomic E-state index is 0.695. The van der Waals surface area contributed by atoms with Crippen LogP contribution in [0.4, 0.5) is 0 Å². The average molecular weight is 264 g/mol. The van der Waals surface area contributed by atoms with E-state index in [2.05, 4.69) is 17.1 Å². The number of para-hydroxylation sites is 1. The van der Waals surface area contributed by atoms with Crippen LogP contribution >= 0.6 is 0 Å². The van der Waals surface area contributed by atoms with Gasteiger partial charge in [0, 0.05) is 11.8 Å². The van der Waals surface area contributed by atoms with Gasteiger partial charge in [-0.25, -0.2) is 4.98 Å². The first-order valence-corrected chi connectivity index (χ1v) is 6.55. The topological polar surface area (TPSA) is 56.2 Å². The SMILES string of the molecule is CCc1nc2ccccc2c2nnc(-c3ccco3)n12. The van der Waals surface area contributed by atoms with Crippen molar-refractivity contribution in [1.29, 1.82) is 0 Å². The van der Waals surface area contributed by atoms with E-state index in [1.807, 2.05) is 40.8 Å². The second-order valence-electron chi connectivity index (χ2n) is 4.56. The molecule has 0 fully saturated rings. The summed E-state index contributed by atoms with van der Waals surface area (Å²) in [7, 11) is 0. The first-order chi connectivity index (χ1) is 9.88. The van der Waals surface area contributed by atoms with Gasteiger partial charge in [0.05, 0.1) is 11.8 Å². The van der Waals surface area contributed by atoms with Crippen molar-refractivity contribution in [2.75, 3.05) is 0 Å². The molecule has 4 aromatic rings. The molecule has 0 N–H and O–H groups in total. The van der Waals surface area contributed by atoms with Gasteiger partial charge in [-0.1, -0.05) is 19.1 Å². The van der Waals surface area contributed by atoms with E-state index in [9.17, 15) is 0 Å². The largest absolute Gasteiger partial charge is 0.461 e. The fraction of sp³-hybridized carbons (Fsp3) is 0.133. The Labute approximate surface area is 114 Å². The first-order valence-electron chi connectivity index (χ1n) is 6.55. The zero-order chi connectivity index (χ0) is 13.5. The highest BCUT2D eigenvalue weighted by Gasteiger charge is 2.16. The highest BCUT2D eigenvalue weighted by Crippen LogP contribution is 2.24. The number of hydrogen-bond acceptors (Lipinski definition) is 4. The summed E-state index contributed by atoms with van der Waals surface area (Å²) in [5, 5.41) is 9.60. The molecule has 0 aliphatic heterocycles. The summed E-state index contributed by atoms with van der Waals surface area (Å²) in [6.07, 6.45) is 2.43. The highest BCUT2D eigenvalue weighted by molar-refractivity contribution is 5.91. The molecule has 3 aromatic heterocycles. The summed E-state index contributed by atoms with van der Waals surface area (Å²) in [6, 6.07) is 11.7. The lowest BCUT2D eigenvalue weighted by molar-refractivity contribution is 0.575. The average Bonchev–Trinajstić information content (AvgIpc) is 3.15. The summed E-state index contributed by atoms with van der Waals surface area (Å²) in [5.41, 5.74) is 1.76. The Balaban J connectivity index is 2.17. The van der Waals surface area contributed by atoms with Gasteiger partial charge in [0.1, 0.15) is 5.82 Å². The minimum Gasteiger partial charge on any atom is -0.461 e. The van der Waals surface area contributed by atoms with E-state index in [1.165, 1.54) is 0 Å². The standard InChI is InChI=1S/C15H12N4O/c1-2-13-16-11-7-4-3-6-10(11)14-17-18-15(19(13)14)12-8-5-9-20-12/h3-9H,2H2,1H3. The van der Waals surface area contributed by atoms with E-state index < -0.39 is 0 Å². The van der Waals surface area contributed by atoms with E-state index in [1.54, 1.807) is 6.26 Å². The number of aryl methyl sites for hydroxylation is 1. The molecule has 0 bridgehead atoms. The molecular formula is C15H12N4O. The van der Waals surface area contributed by atoms with Crippen LogP contribution in [-0.4, -0.2) is 19.6 Å². The molecular weight excluding hydrogens is 252 g/mol. The molecule has 98 valence electrons. The van der Waals surface area contributed by atoms with Gasteiger partial charge in [-0.05, 0) is 24.3 Å². The third-order valence-corrected chi connectivity index (χ3v) is 3.37. The van der Waals surface area contributed by atoms with E-state index >= 15 is 0 Å². The van der Waals surface area contributed by atoms with Crippen molar-refractivity contribution >= 4 is 16.6 Å². The summed E-state index contributed by atoms with van der Waals surface area (Å²) >= 11 is 0. The number of hydrogen-bond donors (Lipinski definition) is 0. The van der Waals surface area contributed by atoms with E-state index in [-0.39, 0.29) is 0 Å². The van der Waals surface area contributed by atoms with Crippen molar-refractivity contribution in [3.8, 4) is 11.6 Å². The fourth-order valence-electron chi connectivity index (χ4n) is 2.45. The number of benzene rings is 1. The van der Waals surface area contributed by atoms with Crippen LogP contribution in [0.1, 0.15) is 12.7 Å². The van der Waals surface area contributed by atoms with Crippen molar-refractivity contribution in [3.05, 3.63) is 48.5 Å². The molecule has 0 spiro atoms. The molecule has 0 saturated heterocycles. The zero-order valence-electron chi connectivity index (χ0n) is 10.9. The molecule has 0 atom stereocenters. The van der Waals surface area contributed by atoms with Gasteiger partial charge in [-0.2, -0.15) is 0 Å². The lowest BCUT2D eigenvalue weighted by Crippen LogP contribution is -2.02. The minimum atomic E-state index is 0.695. The zero-order valence-corrected chi connectivity index (χ0v) is 10.9. The van der Waals surface area contributed by atoms with Gasteiger partial charge in [0.15, 0.2) is 11.4 Å². The monoisotopic (exact) mass is 264 g/mol. The molecule has 3 heterocycles. The molecule has 0 aliphatic rings. The summed E-state index contributed by atoms with van der Waals surface area (Å²) < 4.78 is 7.42. The second-order valence-corrected chi connectivity index (χ2v) is 4.56. The van der Waals surface area contributed by atoms with Crippen molar-refractivity contribution in [2.45, 2.75) is 13.3 Å². The van der Waals surface area contributed by atoms with Crippen LogP contribution in [0.15, 0.2) is 47.1 Å². The van der Waals surface area contributed by atoms with Crippen LogP contribution in [0.3, 0.4) is 0 Å². The first kappa shape index (κ1) is 11.2. The number of furan rings is 1. The summed E-state index contributed by atoms with van der Waals surface area (Å²) in [6.45, 7) is 2.07. The predicted octanol–water partition coefficient (Wildman–Crippen LogP) is 3.10. The maximum absolute atomic E-state index is 5.45. The Bertz CT molecular complexity index is 893. The molecule has 4 rings (SSSR count). The van der Waals surface area contributed by atoms with Gasteiger partial charge >= 0.3 is 0 Å². The summed E-state index contributed by atoms with van der Waals surface area (Å²) in [4.78, 5) is 4.71. The van der Waals surface area contributed by atoms with Crippen LogP contribution in [0.5, 0.6) is 0 Å². The van der Waals surface area contributed by atoms with Crippen molar-refractivity contribution < 1.29 is 4.42 Å². The third-order valence-electron chi connectivity index (χ3n) is 3.37. The van der Waals surface area contributed by atoms with Crippen LogP contribution in [0.2, 0.25) is 0 Å². The smallest absolute Gasteiger partial charge is 0.205 e. The van der Waals surface area contributed by atoms with Gasteiger partial charge < -0.3 is 4.42 Å². The van der Waals surface area contributed by atoms with Gasteiger partial charge in [-0.3, -0.25) is 4.40 Å². The maximum atomic E-state index is 5.45. The van der Waals surface area contributed by atoms with Gasteiger partial charge in [0.25, 0.3) is 0 Å².